The molecule has 3 heteroatoms. The molecule has 0 aliphatic heterocycles. The van der Waals surface area contributed by atoms with Crippen molar-refractivity contribution >= 4 is 0 Å². The lowest BCUT2D eigenvalue weighted by molar-refractivity contribution is 0.0636. The summed E-state index contributed by atoms with van der Waals surface area (Å²) in [7, 11) is 6.22. The van der Waals surface area contributed by atoms with Crippen LogP contribution in [-0.4, -0.2) is 50.3 Å². The molecule has 1 N–H and O–H groups in total. The van der Waals surface area contributed by atoms with Gasteiger partial charge in [0.05, 0.1) is 6.10 Å². The molecule has 102 valence electrons. The zero-order valence-corrected chi connectivity index (χ0v) is 12.3. The van der Waals surface area contributed by atoms with Crippen molar-refractivity contribution < 1.29 is 4.74 Å². The Morgan fingerprint density at radius 1 is 1.18 bits per heavy atom. The van der Waals surface area contributed by atoms with Crippen LogP contribution in [0.25, 0.3) is 0 Å². The van der Waals surface area contributed by atoms with Crippen molar-refractivity contribution in [3.8, 4) is 0 Å². The fourth-order valence-corrected chi connectivity index (χ4v) is 2.71. The molecule has 1 saturated carbocycles. The van der Waals surface area contributed by atoms with E-state index < -0.39 is 0 Å². The van der Waals surface area contributed by atoms with Crippen molar-refractivity contribution in [1.82, 2.24) is 10.2 Å². The van der Waals surface area contributed by atoms with Crippen molar-refractivity contribution in [1.29, 1.82) is 0 Å². The van der Waals surface area contributed by atoms with Crippen LogP contribution in [0, 0.1) is 0 Å². The molecule has 1 rings (SSSR count). The van der Waals surface area contributed by atoms with Crippen LogP contribution < -0.4 is 5.32 Å². The van der Waals surface area contributed by atoms with Crippen LogP contribution in [0.4, 0.5) is 0 Å². The lowest BCUT2D eigenvalue weighted by atomic mass is 9.80. The van der Waals surface area contributed by atoms with E-state index in [1.54, 1.807) is 7.11 Å². The maximum absolute atomic E-state index is 5.37. The highest BCUT2D eigenvalue weighted by atomic mass is 16.5. The first kappa shape index (κ1) is 14.9. The summed E-state index contributed by atoms with van der Waals surface area (Å²) in [6.45, 7) is 5.41. The molecule has 0 aromatic carbocycles. The van der Waals surface area contributed by atoms with Gasteiger partial charge in [-0.05, 0) is 40.8 Å². The molecular formula is C14H30N2O. The fraction of sp³-hybridized carbons (Fsp3) is 1.00. The first-order chi connectivity index (χ1) is 8.02. The van der Waals surface area contributed by atoms with E-state index in [0.717, 1.165) is 6.54 Å². The van der Waals surface area contributed by atoms with Gasteiger partial charge in [-0.25, -0.2) is 0 Å². The predicted molar refractivity (Wildman–Crippen MR) is 73.4 cm³/mol. The molecular weight excluding hydrogens is 212 g/mol. The second kappa shape index (κ2) is 6.72. The van der Waals surface area contributed by atoms with Crippen LogP contribution in [0.15, 0.2) is 0 Å². The van der Waals surface area contributed by atoms with Gasteiger partial charge in [0, 0.05) is 25.2 Å². The molecule has 3 nitrogen and oxygen atoms in total. The summed E-state index contributed by atoms with van der Waals surface area (Å²) in [5, 5.41) is 3.66. The summed E-state index contributed by atoms with van der Waals surface area (Å²) in [4.78, 5) is 2.42. The van der Waals surface area contributed by atoms with Crippen molar-refractivity contribution in [2.75, 3.05) is 27.7 Å². The van der Waals surface area contributed by atoms with Crippen LogP contribution in [0.5, 0.6) is 0 Å². The molecule has 2 unspecified atom stereocenters. The van der Waals surface area contributed by atoms with Gasteiger partial charge < -0.3 is 15.0 Å². The van der Waals surface area contributed by atoms with Gasteiger partial charge >= 0.3 is 0 Å². The number of likely N-dealkylation sites (N-methyl/N-ethyl adjacent to an activating group) is 1. The summed E-state index contributed by atoms with van der Waals surface area (Å²) in [6.07, 6.45) is 7.06. The predicted octanol–water partition coefficient (Wildman–Crippen LogP) is 2.26. The fourth-order valence-electron chi connectivity index (χ4n) is 2.71. The third-order valence-corrected chi connectivity index (χ3v) is 4.56. The Hall–Kier alpha value is -0.120. The monoisotopic (exact) mass is 242 g/mol. The number of ether oxygens (including phenoxy) is 1. The third-order valence-electron chi connectivity index (χ3n) is 4.56. The first-order valence-electron chi connectivity index (χ1n) is 6.95. The van der Waals surface area contributed by atoms with Gasteiger partial charge in [-0.15, -0.1) is 0 Å². The lowest BCUT2D eigenvalue weighted by Crippen LogP contribution is -2.55. The van der Waals surface area contributed by atoms with Crippen LogP contribution in [-0.2, 0) is 4.74 Å². The van der Waals surface area contributed by atoms with Crippen LogP contribution in [0.1, 0.15) is 46.0 Å². The molecule has 1 fully saturated rings. The maximum atomic E-state index is 5.37. The maximum Gasteiger partial charge on any atom is 0.0693 e. The molecule has 17 heavy (non-hydrogen) atoms. The van der Waals surface area contributed by atoms with E-state index in [2.05, 4.69) is 38.2 Å². The quantitative estimate of drug-likeness (QED) is 0.773. The number of hydrogen-bond acceptors (Lipinski definition) is 3. The van der Waals surface area contributed by atoms with Crippen LogP contribution in [0.2, 0.25) is 0 Å². The third kappa shape index (κ3) is 3.94. The molecule has 0 saturated heterocycles. The number of methoxy groups -OCH3 is 1. The molecule has 0 aromatic rings. The van der Waals surface area contributed by atoms with Gasteiger partial charge in [0.15, 0.2) is 0 Å². The Kier molecular flexibility index (Phi) is 5.90. The van der Waals surface area contributed by atoms with Crippen molar-refractivity contribution in [3.05, 3.63) is 0 Å². The number of hydrogen-bond donors (Lipinski definition) is 1. The van der Waals surface area contributed by atoms with E-state index in [-0.39, 0.29) is 6.10 Å². The zero-order valence-electron chi connectivity index (χ0n) is 12.3. The average molecular weight is 242 g/mol. The minimum atomic E-state index is 0.276. The summed E-state index contributed by atoms with van der Waals surface area (Å²) < 4.78 is 5.37. The largest absolute Gasteiger partial charge is 0.380 e. The van der Waals surface area contributed by atoms with Gasteiger partial charge in [0.1, 0.15) is 0 Å². The standard InChI is InChI=1S/C14H30N2O/c1-12(13(2)17-5)15-11-14(16(3)4)9-7-6-8-10-14/h12-13,15H,6-11H2,1-5H3. The lowest BCUT2D eigenvalue weighted by Gasteiger charge is -2.44. The van der Waals surface area contributed by atoms with Gasteiger partial charge in [0.25, 0.3) is 0 Å². The molecule has 0 heterocycles. The SMILES string of the molecule is COC(C)C(C)NCC1(N(C)C)CCCCC1. The topological polar surface area (TPSA) is 24.5 Å². The summed E-state index contributed by atoms with van der Waals surface area (Å²) >= 11 is 0. The van der Waals surface area contributed by atoms with Crippen LogP contribution in [0.3, 0.4) is 0 Å². The van der Waals surface area contributed by atoms with E-state index in [4.69, 9.17) is 4.74 Å². The van der Waals surface area contributed by atoms with Gasteiger partial charge in [-0.2, -0.15) is 0 Å². The van der Waals surface area contributed by atoms with Crippen molar-refractivity contribution in [3.63, 3.8) is 0 Å². The molecule has 0 bridgehead atoms. The Balaban J connectivity index is 2.50. The summed E-state index contributed by atoms with van der Waals surface area (Å²) in [5.41, 5.74) is 0.361. The molecule has 1 aliphatic rings. The van der Waals surface area contributed by atoms with E-state index in [1.807, 2.05) is 0 Å². The second-order valence-electron chi connectivity index (χ2n) is 5.79. The Bertz CT molecular complexity index is 212. The minimum Gasteiger partial charge on any atom is -0.380 e. The smallest absolute Gasteiger partial charge is 0.0693 e. The van der Waals surface area contributed by atoms with E-state index >= 15 is 0 Å². The molecule has 2 atom stereocenters. The van der Waals surface area contributed by atoms with Gasteiger partial charge in [0.2, 0.25) is 0 Å². The number of rotatable bonds is 6. The number of nitrogens with zero attached hydrogens (tertiary/aromatic N) is 1. The molecule has 0 radical (unpaired) electrons. The Labute approximate surface area is 107 Å². The van der Waals surface area contributed by atoms with Gasteiger partial charge in [-0.1, -0.05) is 19.3 Å². The highest BCUT2D eigenvalue weighted by Crippen LogP contribution is 2.31. The summed E-state index contributed by atoms with van der Waals surface area (Å²) in [6, 6.07) is 0.416. The highest BCUT2D eigenvalue weighted by Gasteiger charge is 2.34. The van der Waals surface area contributed by atoms with Gasteiger partial charge in [-0.3, -0.25) is 0 Å². The van der Waals surface area contributed by atoms with Crippen molar-refractivity contribution in [2.24, 2.45) is 0 Å². The molecule has 1 aliphatic carbocycles. The molecule has 0 spiro atoms. The normalized spacial score (nSPS) is 23.6. The van der Waals surface area contributed by atoms with Crippen LogP contribution >= 0.6 is 0 Å². The first-order valence-corrected chi connectivity index (χ1v) is 6.95. The Morgan fingerprint density at radius 3 is 2.24 bits per heavy atom. The minimum absolute atomic E-state index is 0.276. The average Bonchev–Trinajstić information content (AvgIpc) is 2.35. The summed E-state index contributed by atoms with van der Waals surface area (Å²) in [5.74, 6) is 0. The highest BCUT2D eigenvalue weighted by molar-refractivity contribution is 4.93. The van der Waals surface area contributed by atoms with E-state index in [1.165, 1.54) is 32.1 Å². The molecule has 0 amide bonds. The zero-order chi connectivity index (χ0) is 12.9. The van der Waals surface area contributed by atoms with Crippen molar-refractivity contribution in [2.45, 2.75) is 63.6 Å². The van der Waals surface area contributed by atoms with E-state index in [0.29, 0.717) is 11.6 Å². The second-order valence-corrected chi connectivity index (χ2v) is 5.79. The number of nitrogens with one attached hydrogen (secondary N) is 1. The molecule has 0 aromatic heterocycles. The Morgan fingerprint density at radius 2 is 1.76 bits per heavy atom. The van der Waals surface area contributed by atoms with E-state index in [9.17, 15) is 0 Å².